The lowest BCUT2D eigenvalue weighted by Gasteiger charge is -2.13. The monoisotopic (exact) mass is 358 g/mol. The van der Waals surface area contributed by atoms with Crippen LogP contribution in [-0.2, 0) is 13.0 Å². The molecule has 0 bridgehead atoms. The molecule has 0 aliphatic carbocycles. The summed E-state index contributed by atoms with van der Waals surface area (Å²) in [6, 6.07) is 10.2. The Morgan fingerprint density at radius 1 is 1.12 bits per heavy atom. The molecular weight excluding hydrogens is 328 g/mol. The number of nitrogens with one attached hydrogen (secondary N) is 2. The Hall–Kier alpha value is -2.63. The van der Waals surface area contributed by atoms with E-state index in [0.717, 1.165) is 49.9 Å². The van der Waals surface area contributed by atoms with Gasteiger partial charge in [-0.15, -0.1) is 0 Å². The van der Waals surface area contributed by atoms with E-state index in [1.165, 1.54) is 5.56 Å². The maximum atomic E-state index is 5.63. The molecule has 1 aromatic heterocycles. The number of aliphatic imine (C=N–C) groups is 1. The van der Waals surface area contributed by atoms with Crippen molar-refractivity contribution in [3.63, 3.8) is 0 Å². The molecule has 26 heavy (non-hydrogen) atoms. The van der Waals surface area contributed by atoms with Crippen molar-refractivity contribution in [3.8, 4) is 11.5 Å². The van der Waals surface area contributed by atoms with Gasteiger partial charge in [0.2, 0.25) is 0 Å². The number of methoxy groups -OCH3 is 1. The van der Waals surface area contributed by atoms with Gasteiger partial charge in [0.25, 0.3) is 0 Å². The van der Waals surface area contributed by atoms with E-state index >= 15 is 0 Å². The first kappa shape index (κ1) is 19.7. The summed E-state index contributed by atoms with van der Waals surface area (Å²) < 4.78 is 13.1. The maximum absolute atomic E-state index is 5.63. The van der Waals surface area contributed by atoms with Crippen molar-refractivity contribution in [2.24, 2.45) is 4.99 Å². The van der Waals surface area contributed by atoms with Crippen LogP contribution in [0.25, 0.3) is 0 Å². The van der Waals surface area contributed by atoms with E-state index in [1.54, 1.807) is 14.2 Å². The van der Waals surface area contributed by atoms with Gasteiger partial charge in [-0.2, -0.15) is 0 Å². The van der Waals surface area contributed by atoms with Crippen molar-refractivity contribution in [1.82, 2.24) is 15.2 Å². The van der Waals surface area contributed by atoms with Crippen LogP contribution in [-0.4, -0.2) is 44.4 Å². The highest BCUT2D eigenvalue weighted by Gasteiger charge is 2.05. The highest BCUT2D eigenvalue weighted by atomic mass is 16.5. The van der Waals surface area contributed by atoms with Crippen LogP contribution in [0.15, 0.2) is 47.7 Å². The predicted molar refractivity (Wildman–Crippen MR) is 106 cm³/mol. The van der Waals surface area contributed by atoms with Crippen molar-refractivity contribution in [3.05, 3.63) is 48.3 Å². The zero-order valence-electron chi connectivity index (χ0n) is 16.0. The lowest BCUT2D eigenvalue weighted by molar-refractivity contribution is 0.310. The fourth-order valence-electron chi connectivity index (χ4n) is 2.69. The minimum Gasteiger partial charge on any atom is -0.493 e. The van der Waals surface area contributed by atoms with Crippen LogP contribution in [0.2, 0.25) is 0 Å². The van der Waals surface area contributed by atoms with Gasteiger partial charge >= 0.3 is 0 Å². The first-order valence-electron chi connectivity index (χ1n) is 9.11. The standard InChI is InChI=1S/C20H30N4O2/c1-4-26-19-16-17(9-10-18(19)25-3)8-7-11-22-20(21-2)23-12-15-24-13-5-6-14-24/h5-6,9-10,13-14,16H,4,7-8,11-12,15H2,1-3H3,(H2,21,22,23). The van der Waals surface area contributed by atoms with Crippen LogP contribution in [0, 0.1) is 0 Å². The highest BCUT2D eigenvalue weighted by molar-refractivity contribution is 5.79. The molecule has 0 fully saturated rings. The van der Waals surface area contributed by atoms with Crippen LogP contribution in [0.1, 0.15) is 18.9 Å². The zero-order valence-corrected chi connectivity index (χ0v) is 16.0. The van der Waals surface area contributed by atoms with Crippen molar-refractivity contribution >= 4 is 5.96 Å². The fraction of sp³-hybridized carbons (Fsp3) is 0.450. The van der Waals surface area contributed by atoms with Crippen LogP contribution in [0.3, 0.4) is 0 Å². The van der Waals surface area contributed by atoms with E-state index in [9.17, 15) is 0 Å². The van der Waals surface area contributed by atoms with Gasteiger partial charge in [-0.05, 0) is 49.6 Å². The van der Waals surface area contributed by atoms with Crippen molar-refractivity contribution in [1.29, 1.82) is 0 Å². The first-order chi connectivity index (χ1) is 12.8. The summed E-state index contributed by atoms with van der Waals surface area (Å²) in [7, 11) is 3.46. The number of rotatable bonds is 10. The largest absolute Gasteiger partial charge is 0.493 e. The number of aryl methyl sites for hydroxylation is 1. The van der Waals surface area contributed by atoms with Gasteiger partial charge in [-0.1, -0.05) is 6.07 Å². The number of guanidine groups is 1. The Balaban J connectivity index is 1.70. The third kappa shape index (κ3) is 6.35. The predicted octanol–water partition coefficient (Wildman–Crippen LogP) is 2.69. The normalized spacial score (nSPS) is 11.3. The molecule has 0 radical (unpaired) electrons. The molecule has 0 unspecified atom stereocenters. The fourth-order valence-corrected chi connectivity index (χ4v) is 2.69. The molecule has 0 aliphatic heterocycles. The van der Waals surface area contributed by atoms with Crippen LogP contribution in [0.5, 0.6) is 11.5 Å². The molecular formula is C20H30N4O2. The van der Waals surface area contributed by atoms with E-state index in [1.807, 2.05) is 25.1 Å². The van der Waals surface area contributed by atoms with E-state index in [0.29, 0.717) is 6.61 Å². The summed E-state index contributed by atoms with van der Waals surface area (Å²) in [6.45, 7) is 5.22. The van der Waals surface area contributed by atoms with Crippen molar-refractivity contribution < 1.29 is 9.47 Å². The second-order valence-electron chi connectivity index (χ2n) is 5.87. The Bertz CT molecular complexity index is 668. The number of aromatic nitrogens is 1. The average Bonchev–Trinajstić information content (AvgIpc) is 3.17. The lowest BCUT2D eigenvalue weighted by atomic mass is 10.1. The Morgan fingerprint density at radius 2 is 1.88 bits per heavy atom. The third-order valence-electron chi connectivity index (χ3n) is 4.01. The smallest absolute Gasteiger partial charge is 0.191 e. The minimum absolute atomic E-state index is 0.631. The highest BCUT2D eigenvalue weighted by Crippen LogP contribution is 2.28. The topological polar surface area (TPSA) is 59.8 Å². The van der Waals surface area contributed by atoms with E-state index < -0.39 is 0 Å². The molecule has 142 valence electrons. The molecule has 0 aliphatic rings. The van der Waals surface area contributed by atoms with Crippen LogP contribution in [0.4, 0.5) is 0 Å². The van der Waals surface area contributed by atoms with Gasteiger partial charge in [0.15, 0.2) is 17.5 Å². The Morgan fingerprint density at radius 3 is 2.58 bits per heavy atom. The van der Waals surface area contributed by atoms with Gasteiger partial charge in [-0.25, -0.2) is 0 Å². The van der Waals surface area contributed by atoms with E-state index in [4.69, 9.17) is 9.47 Å². The van der Waals surface area contributed by atoms with Gasteiger partial charge in [-0.3, -0.25) is 4.99 Å². The number of hydrogen-bond donors (Lipinski definition) is 2. The van der Waals surface area contributed by atoms with Gasteiger partial charge in [0, 0.05) is 39.1 Å². The van der Waals surface area contributed by atoms with E-state index in [-0.39, 0.29) is 0 Å². The Labute approximate surface area is 156 Å². The molecule has 6 nitrogen and oxygen atoms in total. The second kappa shape index (κ2) is 11.1. The third-order valence-corrected chi connectivity index (χ3v) is 4.01. The summed E-state index contributed by atoms with van der Waals surface area (Å²) >= 11 is 0. The molecule has 0 saturated heterocycles. The summed E-state index contributed by atoms with van der Waals surface area (Å²) in [5.74, 6) is 2.42. The maximum Gasteiger partial charge on any atom is 0.191 e. The number of hydrogen-bond acceptors (Lipinski definition) is 3. The summed E-state index contributed by atoms with van der Waals surface area (Å²) in [4.78, 5) is 4.26. The SMILES string of the molecule is CCOc1cc(CCCNC(=NC)NCCn2cccc2)ccc1OC. The molecule has 0 amide bonds. The van der Waals surface area contributed by atoms with Gasteiger partial charge < -0.3 is 24.7 Å². The molecule has 2 N–H and O–H groups in total. The van der Waals surface area contributed by atoms with Crippen molar-refractivity contribution in [2.45, 2.75) is 26.3 Å². The van der Waals surface area contributed by atoms with Crippen LogP contribution < -0.4 is 20.1 Å². The molecule has 2 aromatic rings. The average molecular weight is 358 g/mol. The zero-order chi connectivity index (χ0) is 18.6. The first-order valence-corrected chi connectivity index (χ1v) is 9.11. The number of nitrogens with zero attached hydrogens (tertiary/aromatic N) is 2. The summed E-state index contributed by atoms with van der Waals surface area (Å²) in [5.41, 5.74) is 1.24. The summed E-state index contributed by atoms with van der Waals surface area (Å²) in [5, 5.41) is 6.68. The van der Waals surface area contributed by atoms with E-state index in [2.05, 4.69) is 44.7 Å². The van der Waals surface area contributed by atoms with Gasteiger partial charge in [0.05, 0.1) is 13.7 Å². The van der Waals surface area contributed by atoms with Crippen LogP contribution >= 0.6 is 0 Å². The lowest BCUT2D eigenvalue weighted by Crippen LogP contribution is -2.39. The molecule has 0 spiro atoms. The molecule has 6 heteroatoms. The second-order valence-corrected chi connectivity index (χ2v) is 5.87. The quantitative estimate of drug-likeness (QED) is 0.389. The summed E-state index contributed by atoms with van der Waals surface area (Å²) in [6.07, 6.45) is 6.10. The molecule has 1 aromatic carbocycles. The molecule has 1 heterocycles. The minimum atomic E-state index is 0.631. The van der Waals surface area contributed by atoms with Gasteiger partial charge in [0.1, 0.15) is 0 Å². The number of benzene rings is 1. The van der Waals surface area contributed by atoms with Crippen molar-refractivity contribution in [2.75, 3.05) is 33.9 Å². The number of ether oxygens (including phenoxy) is 2. The molecule has 0 atom stereocenters. The molecule has 0 saturated carbocycles. The Kier molecular flexibility index (Phi) is 8.39. The molecule has 2 rings (SSSR count).